The Balaban J connectivity index is 0. The Kier molecular flexibility index (Phi) is 13.8. The molecule has 0 fully saturated rings. The fourth-order valence-corrected chi connectivity index (χ4v) is 1.59. The van der Waals surface area contributed by atoms with Crippen LogP contribution >= 0.6 is 0 Å². The van der Waals surface area contributed by atoms with Gasteiger partial charge in [0.15, 0.2) is 0 Å². The maximum atomic E-state index is 2.35. The summed E-state index contributed by atoms with van der Waals surface area (Å²) in [5, 5.41) is 1.20. The summed E-state index contributed by atoms with van der Waals surface area (Å²) in [5.41, 5.74) is 0. The summed E-state index contributed by atoms with van der Waals surface area (Å²) in [6.45, 7) is 23.2. The molecule has 0 heterocycles. The Labute approximate surface area is 173 Å². The third-order valence-corrected chi connectivity index (χ3v) is 12.1. The molecule has 0 unspecified atom stereocenters. The van der Waals surface area contributed by atoms with Crippen LogP contribution in [0.15, 0.2) is 24.3 Å². The molecule has 0 saturated carbocycles. The zero-order valence-electron chi connectivity index (χ0n) is 16.5. The van der Waals surface area contributed by atoms with Crippen LogP contribution in [0, 0.1) is 0 Å². The average Bonchev–Trinajstić information content (AvgIpc) is 2.32. The normalized spacial score (nSPS) is 11.5. The van der Waals surface area contributed by atoms with Gasteiger partial charge in [-0.15, -0.1) is 0 Å². The third kappa shape index (κ3) is 16.3. The first-order valence-electron chi connectivity index (χ1n) is 7.90. The molecule has 0 saturated heterocycles. The summed E-state index contributed by atoms with van der Waals surface area (Å²) < 4.78 is 2.96. The Morgan fingerprint density at radius 2 is 0.727 bits per heavy atom. The summed E-state index contributed by atoms with van der Waals surface area (Å²) in [5.74, 6) is 0. The molecule has 1 rings (SSSR count). The number of benzene rings is 1. The fraction of sp³-hybridized carbons (Fsp3) is 0.667. The monoisotopic (exact) mass is 536 g/mol. The fourth-order valence-electron chi connectivity index (χ4n) is 0.496. The van der Waals surface area contributed by atoms with E-state index in [4.69, 9.17) is 0 Å². The van der Waals surface area contributed by atoms with Gasteiger partial charge in [0.25, 0.3) is 0 Å². The molecule has 0 spiro atoms. The van der Waals surface area contributed by atoms with Crippen LogP contribution in [0.2, 0.25) is 36.3 Å². The second-order valence-electron chi connectivity index (χ2n) is 8.17. The van der Waals surface area contributed by atoms with E-state index in [2.05, 4.69) is 92.0 Å². The summed E-state index contributed by atoms with van der Waals surface area (Å²) in [6, 6.07) is 8.84. The molecule has 0 aliphatic carbocycles. The molecule has 0 aliphatic rings. The van der Waals surface area contributed by atoms with Crippen LogP contribution in [0.4, 0.5) is 0 Å². The quantitative estimate of drug-likeness (QED) is 0.433. The van der Waals surface area contributed by atoms with Gasteiger partial charge in [0.05, 0.1) is 0 Å². The van der Waals surface area contributed by atoms with Gasteiger partial charge >= 0.3 is 79.7 Å². The van der Waals surface area contributed by atoms with Crippen LogP contribution in [-0.2, 0) is 0 Å². The molecule has 6 radical (unpaired) electrons. The van der Waals surface area contributed by atoms with Crippen molar-refractivity contribution < 1.29 is 0 Å². The molecule has 0 atom stereocenters. The second-order valence-corrected chi connectivity index (χ2v) is 19.0. The van der Waals surface area contributed by atoms with Gasteiger partial charge in [0, 0.05) is 17.6 Å². The van der Waals surface area contributed by atoms with Gasteiger partial charge in [-0.05, 0) is 10.1 Å². The van der Waals surface area contributed by atoms with Gasteiger partial charge in [-0.2, -0.15) is 0 Å². The van der Waals surface area contributed by atoms with E-state index < -0.39 is 0 Å². The second kappa shape index (κ2) is 11.9. The first kappa shape index (κ1) is 25.6. The van der Waals surface area contributed by atoms with E-state index in [9.17, 15) is 0 Å². The molecule has 4 heteroatoms. The number of rotatable bonds is 0. The van der Waals surface area contributed by atoms with E-state index in [1.807, 2.05) is 0 Å². The van der Waals surface area contributed by atoms with Crippen LogP contribution in [0.5, 0.6) is 0 Å². The molecule has 0 nitrogen and oxygen atoms in total. The van der Waals surface area contributed by atoms with Crippen LogP contribution < -0.4 is 6.64 Å². The van der Waals surface area contributed by atoms with Crippen LogP contribution in [-0.4, -0.2) is 66.3 Å². The first-order valence-corrected chi connectivity index (χ1v) is 16.2. The summed E-state index contributed by atoms with van der Waals surface area (Å²) >= 11 is 2.49. The minimum absolute atomic E-state index is 0.0502. The van der Waals surface area contributed by atoms with Gasteiger partial charge < -0.3 is 0 Å². The molecule has 0 aromatic heterocycles. The van der Waals surface area contributed by atoms with E-state index in [1.54, 1.807) is 0 Å². The van der Waals surface area contributed by atoms with Gasteiger partial charge in [-0.1, -0.05) is 67.7 Å². The number of hydrogen-bond donors (Lipinski definition) is 0. The van der Waals surface area contributed by atoms with Crippen LogP contribution in [0.3, 0.4) is 0 Å². The predicted molar refractivity (Wildman–Crippen MR) is 112 cm³/mol. The molecule has 1 aromatic rings. The zero-order chi connectivity index (χ0) is 18.1. The van der Waals surface area contributed by atoms with Crippen molar-refractivity contribution in [3.8, 4) is 0 Å². The molecule has 120 valence electrons. The van der Waals surface area contributed by atoms with Crippen molar-refractivity contribution >= 4 is 73.0 Å². The summed E-state index contributed by atoms with van der Waals surface area (Å²) in [4.78, 5) is 0. The van der Waals surface area contributed by atoms with Crippen molar-refractivity contribution in [2.45, 2.75) is 77.8 Å². The van der Waals surface area contributed by atoms with Crippen molar-refractivity contribution in [3.05, 3.63) is 24.3 Å². The van der Waals surface area contributed by atoms with Gasteiger partial charge in [0.2, 0.25) is 0 Å². The summed E-state index contributed by atoms with van der Waals surface area (Å²) in [7, 11) is -0.100. The van der Waals surface area contributed by atoms with Gasteiger partial charge in [-0.3, -0.25) is 0 Å². The van der Waals surface area contributed by atoms with E-state index >= 15 is 0 Å². The predicted octanol–water partition coefficient (Wildman–Crippen LogP) is 4.36. The Bertz CT molecular complexity index is 346. The van der Waals surface area contributed by atoms with Crippen molar-refractivity contribution in [2.75, 3.05) is 0 Å². The molecule has 0 amide bonds. The van der Waals surface area contributed by atoms with Gasteiger partial charge in [-0.25, -0.2) is 0 Å². The van der Waals surface area contributed by atoms with Crippen molar-refractivity contribution in [3.63, 3.8) is 0 Å². The molecular weight excluding hydrogens is 502 g/mol. The first-order chi connectivity index (χ1) is 9.67. The Morgan fingerprint density at radius 1 is 0.591 bits per heavy atom. The molecule has 1 aromatic carbocycles. The standard InChI is InChI=1S/2C6H15Si.C6H4.2In/c2*1-6(2,3)7(4)5;1-2-4-6-5-3-1;;/h2*1-5H3;1-2,5-6H;;. The van der Waals surface area contributed by atoms with Crippen LogP contribution in [0.1, 0.15) is 41.5 Å². The Morgan fingerprint density at radius 3 is 0.818 bits per heavy atom. The van der Waals surface area contributed by atoms with E-state index in [0.29, 0.717) is 10.1 Å². The van der Waals surface area contributed by atoms with Crippen molar-refractivity contribution in [1.82, 2.24) is 0 Å². The Hall–Kier alpha value is 1.39. The molecule has 0 N–H and O–H groups in total. The SMILES string of the molecule is C[Si](C)C(C)(C)C.C[Si](C)C(C)(C)C.[In][c]1cc[c]([In])cc1. The molecule has 22 heavy (non-hydrogen) atoms. The van der Waals surface area contributed by atoms with E-state index in [0.717, 1.165) is 0 Å². The minimum atomic E-state index is -0.0502. The van der Waals surface area contributed by atoms with E-state index in [1.165, 1.54) is 55.4 Å². The number of hydrogen-bond acceptors (Lipinski definition) is 0. The van der Waals surface area contributed by atoms with E-state index in [-0.39, 0.29) is 17.6 Å². The van der Waals surface area contributed by atoms with Gasteiger partial charge in [0.1, 0.15) is 0 Å². The third-order valence-electron chi connectivity index (χ3n) is 3.94. The van der Waals surface area contributed by atoms with Crippen molar-refractivity contribution in [1.29, 1.82) is 0 Å². The van der Waals surface area contributed by atoms with Crippen molar-refractivity contribution in [2.24, 2.45) is 0 Å². The zero-order valence-corrected chi connectivity index (χ0v) is 25.1. The molecule has 0 bridgehead atoms. The maximum absolute atomic E-state index is 2.35. The molecular formula is C18H34In2Si2. The molecule has 0 aliphatic heterocycles. The van der Waals surface area contributed by atoms with Crippen LogP contribution in [0.25, 0.3) is 0 Å². The summed E-state index contributed by atoms with van der Waals surface area (Å²) in [6.07, 6.45) is 0. The topological polar surface area (TPSA) is 0 Å². The average molecular weight is 536 g/mol.